The molecule has 15 heavy (non-hydrogen) atoms. The molecule has 2 atom stereocenters. The summed E-state index contributed by atoms with van der Waals surface area (Å²) in [6.45, 7) is 1.37. The van der Waals surface area contributed by atoms with Crippen LogP contribution in [0.4, 0.5) is 0 Å². The highest BCUT2D eigenvalue weighted by Gasteiger charge is 2.50. The van der Waals surface area contributed by atoms with Crippen LogP contribution in [-0.2, 0) is 9.59 Å². The van der Waals surface area contributed by atoms with Crippen LogP contribution in [0.15, 0.2) is 0 Å². The minimum atomic E-state index is -0.734. The van der Waals surface area contributed by atoms with Crippen LogP contribution in [0.2, 0.25) is 0 Å². The number of carbonyl (C=O) groups is 2. The first-order valence-electron chi connectivity index (χ1n) is 5.11. The summed E-state index contributed by atoms with van der Waals surface area (Å²) >= 11 is 0. The van der Waals surface area contributed by atoms with E-state index in [1.165, 1.54) is 0 Å². The maximum atomic E-state index is 11.3. The number of aliphatic carboxylic acids is 1. The number of Topliss-reactive ketones (excluding diaryl/α,β-unsaturated/α-hetero) is 1. The van der Waals surface area contributed by atoms with Crippen molar-refractivity contribution in [2.24, 2.45) is 11.3 Å². The Kier molecular flexibility index (Phi) is 3.73. The zero-order chi connectivity index (χ0) is 10.2. The van der Waals surface area contributed by atoms with Crippen molar-refractivity contribution in [2.45, 2.75) is 25.7 Å². The third kappa shape index (κ3) is 2.01. The quantitative estimate of drug-likeness (QED) is 0.705. The van der Waals surface area contributed by atoms with Gasteiger partial charge in [-0.3, -0.25) is 9.59 Å². The molecular formula is C10H16ClNO3. The molecule has 1 aliphatic carbocycles. The van der Waals surface area contributed by atoms with Gasteiger partial charge in [-0.05, 0) is 25.3 Å². The maximum Gasteiger partial charge on any atom is 0.311 e. The van der Waals surface area contributed by atoms with Crippen molar-refractivity contribution in [2.75, 3.05) is 13.1 Å². The molecule has 0 aromatic carbocycles. The monoisotopic (exact) mass is 233 g/mol. The third-order valence-corrected chi connectivity index (χ3v) is 3.64. The number of halogens is 1. The van der Waals surface area contributed by atoms with Crippen molar-refractivity contribution in [3.63, 3.8) is 0 Å². The number of carboxylic acids is 1. The second-order valence-corrected chi connectivity index (χ2v) is 4.37. The summed E-state index contributed by atoms with van der Waals surface area (Å²) in [5, 5.41) is 12.4. The molecule has 2 aliphatic rings. The van der Waals surface area contributed by atoms with E-state index >= 15 is 0 Å². The number of hydrogen-bond donors (Lipinski definition) is 2. The molecule has 4 nitrogen and oxygen atoms in total. The number of rotatable bonds is 1. The van der Waals surface area contributed by atoms with E-state index < -0.39 is 11.4 Å². The molecule has 86 valence electrons. The fourth-order valence-corrected chi connectivity index (χ4v) is 2.69. The van der Waals surface area contributed by atoms with Gasteiger partial charge in [0.05, 0.1) is 5.41 Å². The number of hydrogen-bond acceptors (Lipinski definition) is 3. The normalized spacial score (nSPS) is 35.2. The molecule has 1 aliphatic heterocycles. The largest absolute Gasteiger partial charge is 0.481 e. The van der Waals surface area contributed by atoms with Crippen LogP contribution in [-0.4, -0.2) is 29.9 Å². The van der Waals surface area contributed by atoms with Gasteiger partial charge in [-0.1, -0.05) is 0 Å². The second kappa shape index (κ2) is 4.49. The summed E-state index contributed by atoms with van der Waals surface area (Å²) < 4.78 is 0. The molecule has 0 aromatic rings. The first-order valence-corrected chi connectivity index (χ1v) is 5.11. The van der Waals surface area contributed by atoms with Gasteiger partial charge in [-0.25, -0.2) is 0 Å². The number of piperidine rings is 1. The molecule has 0 spiro atoms. The summed E-state index contributed by atoms with van der Waals surface area (Å²) in [5.41, 5.74) is -0.661. The van der Waals surface area contributed by atoms with Crippen molar-refractivity contribution < 1.29 is 14.7 Å². The Labute approximate surface area is 94.8 Å². The number of carbonyl (C=O) groups excluding carboxylic acids is 1. The van der Waals surface area contributed by atoms with Gasteiger partial charge in [-0.15, -0.1) is 12.4 Å². The topological polar surface area (TPSA) is 66.4 Å². The fourth-order valence-electron chi connectivity index (χ4n) is 2.69. The lowest BCUT2D eigenvalue weighted by atomic mass is 9.63. The van der Waals surface area contributed by atoms with E-state index in [9.17, 15) is 14.7 Å². The van der Waals surface area contributed by atoms with E-state index in [-0.39, 0.29) is 24.1 Å². The first-order chi connectivity index (χ1) is 6.65. The number of carboxylic acid groups (broad SMARTS) is 1. The summed E-state index contributed by atoms with van der Waals surface area (Å²) in [6.07, 6.45) is 2.23. The second-order valence-electron chi connectivity index (χ2n) is 4.37. The maximum absolute atomic E-state index is 11.3. The standard InChI is InChI=1S/C10H15NO3.ClH/c12-8-1-3-10(9(13)14)6-11-4-2-7(10)5-8;/h7,11H,1-6H2,(H,13,14);1H. The predicted octanol–water partition coefficient (Wildman–Crippen LogP) is 0.842. The van der Waals surface area contributed by atoms with Gasteiger partial charge < -0.3 is 10.4 Å². The number of ketones is 1. The third-order valence-electron chi connectivity index (χ3n) is 3.64. The van der Waals surface area contributed by atoms with Gasteiger partial charge in [0.2, 0.25) is 0 Å². The van der Waals surface area contributed by atoms with Gasteiger partial charge in [0.15, 0.2) is 0 Å². The van der Waals surface area contributed by atoms with Crippen molar-refractivity contribution in [1.29, 1.82) is 0 Å². The summed E-state index contributed by atoms with van der Waals surface area (Å²) in [7, 11) is 0. The molecule has 2 fully saturated rings. The highest BCUT2D eigenvalue weighted by atomic mass is 35.5. The molecule has 5 heteroatoms. The Morgan fingerprint density at radius 2 is 2.27 bits per heavy atom. The average molecular weight is 234 g/mol. The fraction of sp³-hybridized carbons (Fsp3) is 0.800. The molecule has 2 unspecified atom stereocenters. The minimum absolute atomic E-state index is 0. The van der Waals surface area contributed by atoms with Crippen LogP contribution in [0.5, 0.6) is 0 Å². The van der Waals surface area contributed by atoms with Crippen LogP contribution in [0, 0.1) is 11.3 Å². The van der Waals surface area contributed by atoms with Crippen LogP contribution in [0.3, 0.4) is 0 Å². The first kappa shape index (κ1) is 12.5. The van der Waals surface area contributed by atoms with Crippen molar-refractivity contribution in [1.82, 2.24) is 5.32 Å². The predicted molar refractivity (Wildman–Crippen MR) is 57.2 cm³/mol. The molecule has 2 rings (SSSR count). The van der Waals surface area contributed by atoms with E-state index in [2.05, 4.69) is 5.32 Å². The lowest BCUT2D eigenvalue weighted by molar-refractivity contribution is -0.158. The highest BCUT2D eigenvalue weighted by Crippen LogP contribution is 2.43. The lowest BCUT2D eigenvalue weighted by Crippen LogP contribution is -2.54. The van der Waals surface area contributed by atoms with Crippen molar-refractivity contribution in [3.05, 3.63) is 0 Å². The molecule has 1 heterocycles. The molecule has 0 radical (unpaired) electrons. The van der Waals surface area contributed by atoms with Gasteiger partial charge in [0.25, 0.3) is 0 Å². The Morgan fingerprint density at radius 1 is 1.53 bits per heavy atom. The Bertz CT molecular complexity index is 282. The molecule has 0 aromatic heterocycles. The average Bonchev–Trinajstić information content (AvgIpc) is 2.17. The van der Waals surface area contributed by atoms with E-state index in [0.29, 0.717) is 25.8 Å². The minimum Gasteiger partial charge on any atom is -0.481 e. The Hall–Kier alpha value is -0.610. The molecule has 0 amide bonds. The number of nitrogens with one attached hydrogen (secondary N) is 1. The van der Waals surface area contributed by atoms with Gasteiger partial charge in [-0.2, -0.15) is 0 Å². The van der Waals surface area contributed by atoms with Gasteiger partial charge >= 0.3 is 5.97 Å². The van der Waals surface area contributed by atoms with Crippen LogP contribution >= 0.6 is 12.4 Å². The summed E-state index contributed by atoms with van der Waals surface area (Å²) in [6, 6.07) is 0. The van der Waals surface area contributed by atoms with E-state index in [0.717, 1.165) is 13.0 Å². The van der Waals surface area contributed by atoms with Crippen LogP contribution in [0.25, 0.3) is 0 Å². The Morgan fingerprint density at radius 3 is 2.93 bits per heavy atom. The molecule has 1 saturated heterocycles. The van der Waals surface area contributed by atoms with Gasteiger partial charge in [0.1, 0.15) is 5.78 Å². The summed E-state index contributed by atoms with van der Waals surface area (Å²) in [5.74, 6) is -0.446. The van der Waals surface area contributed by atoms with E-state index in [1.54, 1.807) is 0 Å². The SMILES string of the molecule is Cl.O=C1CCC2(C(=O)O)CNCCC2C1. The van der Waals surface area contributed by atoms with E-state index in [4.69, 9.17) is 0 Å². The van der Waals surface area contributed by atoms with Gasteiger partial charge in [0, 0.05) is 19.4 Å². The van der Waals surface area contributed by atoms with Crippen LogP contribution in [0.1, 0.15) is 25.7 Å². The van der Waals surface area contributed by atoms with E-state index in [1.807, 2.05) is 0 Å². The summed E-state index contributed by atoms with van der Waals surface area (Å²) in [4.78, 5) is 22.5. The Balaban J connectivity index is 0.00000112. The molecular weight excluding hydrogens is 218 g/mol. The molecule has 2 N–H and O–H groups in total. The lowest BCUT2D eigenvalue weighted by Gasteiger charge is -2.43. The smallest absolute Gasteiger partial charge is 0.311 e. The van der Waals surface area contributed by atoms with Crippen molar-refractivity contribution in [3.8, 4) is 0 Å². The molecule has 0 bridgehead atoms. The zero-order valence-corrected chi connectivity index (χ0v) is 9.31. The zero-order valence-electron chi connectivity index (χ0n) is 8.49. The number of fused-ring (bicyclic) bond motifs is 1. The highest BCUT2D eigenvalue weighted by molar-refractivity contribution is 5.85. The van der Waals surface area contributed by atoms with Crippen LogP contribution < -0.4 is 5.32 Å². The molecule has 1 saturated carbocycles. The van der Waals surface area contributed by atoms with Crippen molar-refractivity contribution >= 4 is 24.2 Å².